The summed E-state index contributed by atoms with van der Waals surface area (Å²) in [6.07, 6.45) is 10.3. The number of imidazole rings is 1. The molecule has 3 rings (SSSR count). The summed E-state index contributed by atoms with van der Waals surface area (Å²) in [5, 5.41) is 4.04. The van der Waals surface area contributed by atoms with Crippen molar-refractivity contribution in [3.05, 3.63) is 55.5 Å². The predicted octanol–water partition coefficient (Wildman–Crippen LogP) is 0.832. The van der Waals surface area contributed by atoms with E-state index in [1.165, 1.54) is 17.1 Å². The van der Waals surface area contributed by atoms with Crippen LogP contribution < -0.4 is 4.72 Å². The Balaban J connectivity index is 1.60. The van der Waals surface area contributed by atoms with Crippen LogP contribution in [-0.4, -0.2) is 39.3 Å². The first kappa shape index (κ1) is 15.4. The molecular weight excluding hydrogens is 316 g/mol. The topological polar surface area (TPSA) is 94.7 Å². The highest BCUT2D eigenvalue weighted by atomic mass is 32.2. The number of hydrogen-bond donors (Lipinski definition) is 1. The first-order chi connectivity index (χ1) is 11.1. The van der Waals surface area contributed by atoms with E-state index in [1.54, 1.807) is 30.9 Å². The highest BCUT2D eigenvalue weighted by molar-refractivity contribution is 7.89. The average Bonchev–Trinajstić information content (AvgIpc) is 3.24. The maximum absolute atomic E-state index is 12.2. The van der Waals surface area contributed by atoms with E-state index >= 15 is 0 Å². The molecule has 0 fully saturated rings. The van der Waals surface area contributed by atoms with Gasteiger partial charge in [0.1, 0.15) is 4.90 Å². The van der Waals surface area contributed by atoms with Crippen LogP contribution in [0.15, 0.2) is 60.4 Å². The highest BCUT2D eigenvalue weighted by Crippen LogP contribution is 2.10. The predicted molar refractivity (Wildman–Crippen MR) is 83.4 cm³/mol. The second-order valence-electron chi connectivity index (χ2n) is 4.86. The zero-order valence-electron chi connectivity index (χ0n) is 12.3. The Morgan fingerprint density at radius 2 is 2.13 bits per heavy atom. The Bertz CT molecular complexity index is 843. The number of pyridine rings is 1. The van der Waals surface area contributed by atoms with Crippen LogP contribution in [0.2, 0.25) is 0 Å². The lowest BCUT2D eigenvalue weighted by atomic mass is 10.4. The van der Waals surface area contributed by atoms with Crippen LogP contribution in [-0.2, 0) is 16.6 Å². The number of nitrogens with zero attached hydrogens (tertiary/aromatic N) is 5. The molecule has 0 amide bonds. The Morgan fingerprint density at radius 1 is 1.22 bits per heavy atom. The summed E-state index contributed by atoms with van der Waals surface area (Å²) in [6, 6.07) is 5.35. The van der Waals surface area contributed by atoms with Gasteiger partial charge in [0.25, 0.3) is 0 Å². The molecule has 8 nitrogen and oxygen atoms in total. The third-order valence-electron chi connectivity index (χ3n) is 3.20. The van der Waals surface area contributed by atoms with Crippen molar-refractivity contribution in [1.82, 2.24) is 29.0 Å². The number of sulfonamides is 1. The molecule has 9 heteroatoms. The number of rotatable bonds is 7. The van der Waals surface area contributed by atoms with Gasteiger partial charge < -0.3 is 4.57 Å². The molecule has 3 heterocycles. The summed E-state index contributed by atoms with van der Waals surface area (Å²) >= 11 is 0. The number of nitrogens with one attached hydrogen (secondary N) is 1. The fourth-order valence-electron chi connectivity index (χ4n) is 2.03. The second kappa shape index (κ2) is 6.71. The van der Waals surface area contributed by atoms with Crippen molar-refractivity contribution in [3.63, 3.8) is 0 Å². The average molecular weight is 332 g/mol. The lowest BCUT2D eigenvalue weighted by Crippen LogP contribution is -2.25. The third kappa shape index (κ3) is 3.82. The van der Waals surface area contributed by atoms with Gasteiger partial charge in [-0.2, -0.15) is 5.10 Å². The van der Waals surface area contributed by atoms with E-state index < -0.39 is 10.0 Å². The second-order valence-corrected chi connectivity index (χ2v) is 6.63. The van der Waals surface area contributed by atoms with Crippen LogP contribution in [0.4, 0.5) is 0 Å². The smallest absolute Gasteiger partial charge is 0.243 e. The van der Waals surface area contributed by atoms with Crippen LogP contribution in [0.3, 0.4) is 0 Å². The molecule has 0 bridgehead atoms. The van der Waals surface area contributed by atoms with Crippen molar-refractivity contribution in [2.24, 2.45) is 0 Å². The Kier molecular flexibility index (Phi) is 4.49. The Morgan fingerprint density at radius 3 is 2.87 bits per heavy atom. The molecule has 23 heavy (non-hydrogen) atoms. The molecule has 0 aromatic carbocycles. The number of aromatic nitrogens is 5. The van der Waals surface area contributed by atoms with Gasteiger partial charge in [0, 0.05) is 31.7 Å². The zero-order chi connectivity index (χ0) is 16.1. The van der Waals surface area contributed by atoms with E-state index in [0.717, 1.165) is 0 Å². The normalized spacial score (nSPS) is 11.7. The highest BCUT2D eigenvalue weighted by Gasteiger charge is 2.16. The van der Waals surface area contributed by atoms with Crippen molar-refractivity contribution in [2.45, 2.75) is 17.9 Å². The molecule has 0 aliphatic heterocycles. The van der Waals surface area contributed by atoms with E-state index in [4.69, 9.17) is 0 Å². The zero-order valence-corrected chi connectivity index (χ0v) is 13.1. The lowest BCUT2D eigenvalue weighted by molar-refractivity contribution is 0.570. The SMILES string of the molecule is O=S(=O)(NCCCn1ccnc1)c1cnn(-c2ccccn2)c1. The van der Waals surface area contributed by atoms with Gasteiger partial charge in [0.15, 0.2) is 5.82 Å². The lowest BCUT2D eigenvalue weighted by Gasteiger charge is -2.05. The van der Waals surface area contributed by atoms with Crippen molar-refractivity contribution >= 4 is 10.0 Å². The monoisotopic (exact) mass is 332 g/mol. The van der Waals surface area contributed by atoms with Crippen LogP contribution in [0, 0.1) is 0 Å². The molecule has 0 aliphatic carbocycles. The minimum Gasteiger partial charge on any atom is -0.337 e. The summed E-state index contributed by atoms with van der Waals surface area (Å²) in [4.78, 5) is 8.18. The van der Waals surface area contributed by atoms with E-state index in [-0.39, 0.29) is 4.90 Å². The van der Waals surface area contributed by atoms with E-state index in [0.29, 0.717) is 25.3 Å². The van der Waals surface area contributed by atoms with Crippen LogP contribution in [0.1, 0.15) is 6.42 Å². The van der Waals surface area contributed by atoms with Gasteiger partial charge in [-0.1, -0.05) is 6.07 Å². The van der Waals surface area contributed by atoms with E-state index in [1.807, 2.05) is 16.8 Å². The number of aryl methyl sites for hydroxylation is 1. The fourth-order valence-corrected chi connectivity index (χ4v) is 3.03. The van der Waals surface area contributed by atoms with E-state index in [9.17, 15) is 8.42 Å². The van der Waals surface area contributed by atoms with Crippen molar-refractivity contribution in [2.75, 3.05) is 6.54 Å². The molecule has 0 radical (unpaired) electrons. The van der Waals surface area contributed by atoms with Gasteiger partial charge in [-0.05, 0) is 18.6 Å². The van der Waals surface area contributed by atoms with Gasteiger partial charge in [0.05, 0.1) is 18.7 Å². The van der Waals surface area contributed by atoms with Gasteiger partial charge in [-0.3, -0.25) is 0 Å². The Hall–Kier alpha value is -2.52. The summed E-state index contributed by atoms with van der Waals surface area (Å²) < 4.78 is 30.4. The number of hydrogen-bond acceptors (Lipinski definition) is 5. The van der Waals surface area contributed by atoms with E-state index in [2.05, 4.69) is 19.8 Å². The molecule has 0 spiro atoms. The molecule has 0 aliphatic rings. The van der Waals surface area contributed by atoms with Crippen molar-refractivity contribution in [1.29, 1.82) is 0 Å². The summed E-state index contributed by atoms with van der Waals surface area (Å²) in [5.41, 5.74) is 0. The van der Waals surface area contributed by atoms with Crippen LogP contribution in [0.25, 0.3) is 5.82 Å². The quantitative estimate of drug-likeness (QED) is 0.647. The minimum atomic E-state index is -3.57. The fraction of sp³-hybridized carbons (Fsp3) is 0.214. The first-order valence-electron chi connectivity index (χ1n) is 7.07. The minimum absolute atomic E-state index is 0.116. The Labute approximate surface area is 133 Å². The summed E-state index contributed by atoms with van der Waals surface area (Å²) in [5.74, 6) is 0.564. The molecule has 1 N–H and O–H groups in total. The third-order valence-corrected chi connectivity index (χ3v) is 4.61. The van der Waals surface area contributed by atoms with Gasteiger partial charge in [-0.15, -0.1) is 0 Å². The van der Waals surface area contributed by atoms with Gasteiger partial charge in [-0.25, -0.2) is 27.8 Å². The van der Waals surface area contributed by atoms with Crippen molar-refractivity contribution in [3.8, 4) is 5.82 Å². The molecule has 0 saturated carbocycles. The van der Waals surface area contributed by atoms with Crippen molar-refractivity contribution < 1.29 is 8.42 Å². The van der Waals surface area contributed by atoms with Crippen LogP contribution in [0.5, 0.6) is 0 Å². The van der Waals surface area contributed by atoms with Gasteiger partial charge >= 0.3 is 0 Å². The molecule has 120 valence electrons. The standard InChI is InChI=1S/C14H16N6O2S/c21-23(22,18-6-3-8-19-9-7-15-12-19)13-10-17-20(11-13)14-4-1-2-5-16-14/h1-2,4-5,7,9-12,18H,3,6,8H2. The molecule has 0 saturated heterocycles. The molecule has 0 unspecified atom stereocenters. The largest absolute Gasteiger partial charge is 0.337 e. The first-order valence-corrected chi connectivity index (χ1v) is 8.55. The van der Waals surface area contributed by atoms with Gasteiger partial charge in [0.2, 0.25) is 10.0 Å². The molecule has 3 aromatic rings. The summed E-state index contributed by atoms with van der Waals surface area (Å²) in [6.45, 7) is 1.05. The maximum atomic E-state index is 12.2. The summed E-state index contributed by atoms with van der Waals surface area (Å²) in [7, 11) is -3.57. The van der Waals surface area contributed by atoms with Crippen LogP contribution >= 0.6 is 0 Å². The molecular formula is C14H16N6O2S. The molecule has 3 aromatic heterocycles. The maximum Gasteiger partial charge on any atom is 0.243 e. The molecule has 0 atom stereocenters.